The molecule has 1 atom stereocenters. The molecule has 2 aromatic carbocycles. The summed E-state index contributed by atoms with van der Waals surface area (Å²) in [4.78, 5) is 0. The Hall–Kier alpha value is -1.98. The van der Waals surface area contributed by atoms with E-state index in [1.165, 1.54) is 25.3 Å². The van der Waals surface area contributed by atoms with Crippen LogP contribution in [-0.4, -0.2) is 7.11 Å². The largest absolute Gasteiger partial charge is 0.494 e. The molecule has 2 aromatic rings. The van der Waals surface area contributed by atoms with E-state index < -0.39 is 11.9 Å². The molecule has 0 aliphatic heterocycles. The van der Waals surface area contributed by atoms with Crippen LogP contribution >= 0.6 is 0 Å². The lowest BCUT2D eigenvalue weighted by atomic mass is 9.98. The molecule has 0 saturated carbocycles. The van der Waals surface area contributed by atoms with Crippen molar-refractivity contribution in [3.8, 4) is 5.75 Å². The minimum absolute atomic E-state index is 0.155. The van der Waals surface area contributed by atoms with Gasteiger partial charge >= 0.3 is 0 Å². The fourth-order valence-corrected chi connectivity index (χ4v) is 2.11. The topological polar surface area (TPSA) is 47.3 Å². The van der Waals surface area contributed by atoms with Crippen LogP contribution in [0.5, 0.6) is 5.75 Å². The highest BCUT2D eigenvalue weighted by atomic mass is 19.1. The van der Waals surface area contributed by atoms with Crippen LogP contribution in [0.1, 0.15) is 17.2 Å². The molecular weight excluding hydrogens is 262 g/mol. The average molecular weight is 278 g/mol. The van der Waals surface area contributed by atoms with Crippen molar-refractivity contribution in [1.29, 1.82) is 0 Å². The Labute approximate surface area is 116 Å². The van der Waals surface area contributed by atoms with Crippen molar-refractivity contribution in [2.75, 3.05) is 7.11 Å². The Morgan fingerprint density at radius 2 is 1.95 bits per heavy atom. The smallest absolute Gasteiger partial charge is 0.169 e. The molecule has 0 aromatic heterocycles. The van der Waals surface area contributed by atoms with Crippen molar-refractivity contribution in [1.82, 2.24) is 5.43 Å². The molecule has 106 valence electrons. The predicted octanol–water partition coefficient (Wildman–Crippen LogP) is 2.72. The minimum atomic E-state index is -0.466. The summed E-state index contributed by atoms with van der Waals surface area (Å²) in [7, 11) is 1.40. The van der Waals surface area contributed by atoms with Crippen LogP contribution in [0.25, 0.3) is 0 Å². The van der Waals surface area contributed by atoms with E-state index in [1.807, 2.05) is 0 Å². The SMILES string of the molecule is COc1cccc(C(Cc2cccc(F)c2)NN)c1F. The van der Waals surface area contributed by atoms with Crippen molar-refractivity contribution in [3.63, 3.8) is 0 Å². The second-order valence-electron chi connectivity index (χ2n) is 4.42. The van der Waals surface area contributed by atoms with E-state index >= 15 is 0 Å². The number of benzene rings is 2. The Kier molecular flexibility index (Phi) is 4.65. The molecule has 0 radical (unpaired) electrons. The molecule has 5 heteroatoms. The van der Waals surface area contributed by atoms with Gasteiger partial charge in [-0.3, -0.25) is 11.3 Å². The second-order valence-corrected chi connectivity index (χ2v) is 4.42. The lowest BCUT2D eigenvalue weighted by molar-refractivity contribution is 0.379. The molecule has 0 aliphatic rings. The number of nitrogens with one attached hydrogen (secondary N) is 1. The summed E-state index contributed by atoms with van der Waals surface area (Å²) in [5.41, 5.74) is 3.68. The number of hydrogen-bond acceptors (Lipinski definition) is 3. The monoisotopic (exact) mass is 278 g/mol. The standard InChI is InChI=1S/C15H16F2N2O/c1-20-14-7-3-6-12(15(14)17)13(19-18)9-10-4-2-5-11(16)8-10/h2-8,13,19H,9,18H2,1H3. The molecule has 0 amide bonds. The number of hydrogen-bond donors (Lipinski definition) is 2. The summed E-state index contributed by atoms with van der Waals surface area (Å²) < 4.78 is 32.3. The Balaban J connectivity index is 2.29. The van der Waals surface area contributed by atoms with Crippen LogP contribution in [0.3, 0.4) is 0 Å². The summed E-state index contributed by atoms with van der Waals surface area (Å²) >= 11 is 0. The van der Waals surface area contributed by atoms with Crippen molar-refractivity contribution in [2.45, 2.75) is 12.5 Å². The number of halogens is 2. The summed E-state index contributed by atoms with van der Waals surface area (Å²) in [6, 6.07) is 10.5. The first-order chi connectivity index (χ1) is 9.65. The van der Waals surface area contributed by atoms with Crippen LogP contribution in [0.4, 0.5) is 8.78 Å². The Bertz CT molecular complexity index is 590. The van der Waals surface area contributed by atoms with Crippen molar-refractivity contribution in [2.24, 2.45) is 5.84 Å². The van der Waals surface area contributed by atoms with Gasteiger partial charge in [0.05, 0.1) is 13.2 Å². The van der Waals surface area contributed by atoms with Gasteiger partial charge in [-0.1, -0.05) is 24.3 Å². The third-order valence-corrected chi connectivity index (χ3v) is 3.12. The molecule has 20 heavy (non-hydrogen) atoms. The molecule has 2 rings (SSSR count). The number of ether oxygens (including phenoxy) is 1. The Morgan fingerprint density at radius 3 is 2.60 bits per heavy atom. The van der Waals surface area contributed by atoms with Gasteiger partial charge in [0.15, 0.2) is 11.6 Å². The second kappa shape index (κ2) is 6.45. The molecule has 0 fully saturated rings. The van der Waals surface area contributed by atoms with E-state index in [9.17, 15) is 8.78 Å². The fraction of sp³-hybridized carbons (Fsp3) is 0.200. The van der Waals surface area contributed by atoms with Crippen LogP contribution in [-0.2, 0) is 6.42 Å². The van der Waals surface area contributed by atoms with Crippen LogP contribution in [0.2, 0.25) is 0 Å². The molecule has 0 aliphatic carbocycles. The number of nitrogens with two attached hydrogens (primary N) is 1. The van der Waals surface area contributed by atoms with Crippen molar-refractivity contribution >= 4 is 0 Å². The Morgan fingerprint density at radius 1 is 1.20 bits per heavy atom. The van der Waals surface area contributed by atoms with E-state index in [4.69, 9.17) is 10.6 Å². The maximum absolute atomic E-state index is 14.2. The minimum Gasteiger partial charge on any atom is -0.494 e. The van der Waals surface area contributed by atoms with Gasteiger partial charge in [0, 0.05) is 5.56 Å². The first-order valence-corrected chi connectivity index (χ1v) is 6.18. The van der Waals surface area contributed by atoms with E-state index in [1.54, 1.807) is 24.3 Å². The quantitative estimate of drug-likeness (QED) is 0.653. The molecule has 0 saturated heterocycles. The molecular formula is C15H16F2N2O. The highest BCUT2D eigenvalue weighted by molar-refractivity contribution is 5.34. The molecule has 0 bridgehead atoms. The highest BCUT2D eigenvalue weighted by Crippen LogP contribution is 2.26. The zero-order valence-electron chi connectivity index (χ0n) is 11.1. The van der Waals surface area contributed by atoms with Gasteiger partial charge in [0.25, 0.3) is 0 Å². The summed E-state index contributed by atoms with van der Waals surface area (Å²) in [6.07, 6.45) is 0.373. The first kappa shape index (κ1) is 14.4. The zero-order valence-corrected chi connectivity index (χ0v) is 11.1. The number of methoxy groups -OCH3 is 1. The third kappa shape index (κ3) is 3.12. The van der Waals surface area contributed by atoms with E-state index in [0.29, 0.717) is 12.0 Å². The molecule has 0 spiro atoms. The van der Waals surface area contributed by atoms with Gasteiger partial charge < -0.3 is 4.74 Å². The van der Waals surface area contributed by atoms with E-state index in [-0.39, 0.29) is 11.6 Å². The number of hydrazine groups is 1. The van der Waals surface area contributed by atoms with Gasteiger partial charge in [0.2, 0.25) is 0 Å². The normalized spacial score (nSPS) is 12.2. The van der Waals surface area contributed by atoms with Crippen molar-refractivity contribution in [3.05, 3.63) is 65.2 Å². The molecule has 3 nitrogen and oxygen atoms in total. The number of rotatable bonds is 5. The average Bonchev–Trinajstić information content (AvgIpc) is 2.45. The van der Waals surface area contributed by atoms with E-state index in [2.05, 4.69) is 5.43 Å². The summed E-state index contributed by atoms with van der Waals surface area (Å²) in [5, 5.41) is 0. The van der Waals surface area contributed by atoms with Crippen molar-refractivity contribution < 1.29 is 13.5 Å². The maximum Gasteiger partial charge on any atom is 0.169 e. The van der Waals surface area contributed by atoms with Gasteiger partial charge in [-0.2, -0.15) is 0 Å². The van der Waals surface area contributed by atoms with Gasteiger partial charge in [-0.05, 0) is 30.2 Å². The fourth-order valence-electron chi connectivity index (χ4n) is 2.11. The first-order valence-electron chi connectivity index (χ1n) is 6.18. The van der Waals surface area contributed by atoms with Crippen LogP contribution < -0.4 is 16.0 Å². The van der Waals surface area contributed by atoms with Gasteiger partial charge in [-0.25, -0.2) is 8.78 Å². The summed E-state index contributed by atoms with van der Waals surface area (Å²) in [6.45, 7) is 0. The molecule has 1 unspecified atom stereocenters. The highest BCUT2D eigenvalue weighted by Gasteiger charge is 2.18. The lowest BCUT2D eigenvalue weighted by Gasteiger charge is -2.18. The third-order valence-electron chi connectivity index (χ3n) is 3.12. The lowest BCUT2D eigenvalue weighted by Crippen LogP contribution is -2.30. The molecule has 3 N–H and O–H groups in total. The summed E-state index contributed by atoms with van der Waals surface area (Å²) in [5.74, 6) is 4.86. The van der Waals surface area contributed by atoms with Gasteiger partial charge in [0.1, 0.15) is 5.82 Å². The molecule has 0 heterocycles. The van der Waals surface area contributed by atoms with Gasteiger partial charge in [-0.15, -0.1) is 0 Å². The zero-order chi connectivity index (χ0) is 14.5. The maximum atomic E-state index is 14.2. The van der Waals surface area contributed by atoms with E-state index in [0.717, 1.165) is 5.56 Å². The van der Waals surface area contributed by atoms with Crippen LogP contribution in [0, 0.1) is 11.6 Å². The predicted molar refractivity (Wildman–Crippen MR) is 73.1 cm³/mol. The van der Waals surface area contributed by atoms with Crippen LogP contribution in [0.15, 0.2) is 42.5 Å².